The number of rotatable bonds is 4. The Balaban J connectivity index is 1.81. The van der Waals surface area contributed by atoms with E-state index in [1.807, 2.05) is 30.3 Å². The molecule has 6 nitrogen and oxygen atoms in total. The topological polar surface area (TPSA) is 70.1 Å². The van der Waals surface area contributed by atoms with Crippen LogP contribution in [0.25, 0.3) is 0 Å². The number of carbonyl (C=O) groups excluding carboxylic acids is 1. The molecule has 2 amide bonds. The van der Waals surface area contributed by atoms with Gasteiger partial charge < -0.3 is 14.7 Å². The van der Waals surface area contributed by atoms with E-state index in [0.717, 1.165) is 10.5 Å². The molecule has 2 rings (SSSR count). The summed E-state index contributed by atoms with van der Waals surface area (Å²) in [5.41, 5.74) is 1.04. The second kappa shape index (κ2) is 6.91. The third-order valence-electron chi connectivity index (χ3n) is 3.16. The van der Waals surface area contributed by atoms with Gasteiger partial charge in [0.1, 0.15) is 13.3 Å². The van der Waals surface area contributed by atoms with Gasteiger partial charge in [-0.1, -0.05) is 30.3 Å². The minimum atomic E-state index is -1.05. The summed E-state index contributed by atoms with van der Waals surface area (Å²) in [6, 6.07) is 9.70. The molecule has 1 saturated heterocycles. The SMILES string of the molecule is O=C(O)N1CCCN(COCc2ccccc2)C(=O)C1. The Morgan fingerprint density at radius 2 is 2.00 bits per heavy atom. The zero-order valence-corrected chi connectivity index (χ0v) is 11.2. The number of hydrogen-bond acceptors (Lipinski definition) is 3. The third kappa shape index (κ3) is 3.96. The lowest BCUT2D eigenvalue weighted by Crippen LogP contribution is -2.39. The standard InChI is InChI=1S/C14H18N2O4/c17-13-9-15(14(18)19)7-4-8-16(13)11-20-10-12-5-2-1-3-6-12/h1-3,5-6H,4,7-11H2,(H,18,19). The van der Waals surface area contributed by atoms with Crippen LogP contribution >= 0.6 is 0 Å². The van der Waals surface area contributed by atoms with Gasteiger partial charge in [-0.15, -0.1) is 0 Å². The van der Waals surface area contributed by atoms with Gasteiger partial charge in [0.05, 0.1) is 6.61 Å². The van der Waals surface area contributed by atoms with E-state index in [9.17, 15) is 9.59 Å². The van der Waals surface area contributed by atoms with Crippen LogP contribution in [0.15, 0.2) is 30.3 Å². The van der Waals surface area contributed by atoms with Gasteiger partial charge in [0.2, 0.25) is 5.91 Å². The van der Waals surface area contributed by atoms with Gasteiger partial charge in [-0.3, -0.25) is 9.69 Å². The van der Waals surface area contributed by atoms with E-state index in [1.54, 1.807) is 4.90 Å². The highest BCUT2D eigenvalue weighted by Crippen LogP contribution is 2.06. The van der Waals surface area contributed by atoms with Crippen LogP contribution in [0.1, 0.15) is 12.0 Å². The molecule has 0 unspecified atom stereocenters. The van der Waals surface area contributed by atoms with Crippen molar-refractivity contribution in [3.8, 4) is 0 Å². The Morgan fingerprint density at radius 3 is 2.70 bits per heavy atom. The van der Waals surface area contributed by atoms with Gasteiger partial charge in [0, 0.05) is 13.1 Å². The fourth-order valence-corrected chi connectivity index (χ4v) is 2.07. The summed E-state index contributed by atoms with van der Waals surface area (Å²) in [5, 5.41) is 8.92. The molecule has 0 saturated carbocycles. The van der Waals surface area contributed by atoms with Crippen LogP contribution in [0, 0.1) is 0 Å². The summed E-state index contributed by atoms with van der Waals surface area (Å²) in [4.78, 5) is 25.5. The second-order valence-corrected chi connectivity index (χ2v) is 4.68. The number of benzene rings is 1. The molecule has 6 heteroatoms. The van der Waals surface area contributed by atoms with Crippen molar-refractivity contribution in [3.05, 3.63) is 35.9 Å². The molecule has 1 aliphatic heterocycles. The number of carboxylic acid groups (broad SMARTS) is 1. The van der Waals surface area contributed by atoms with Crippen molar-refractivity contribution in [1.82, 2.24) is 9.80 Å². The van der Waals surface area contributed by atoms with E-state index in [1.165, 1.54) is 0 Å². The third-order valence-corrected chi connectivity index (χ3v) is 3.16. The Labute approximate surface area is 117 Å². The Hall–Kier alpha value is -2.08. The van der Waals surface area contributed by atoms with E-state index >= 15 is 0 Å². The molecule has 0 radical (unpaired) electrons. The Kier molecular flexibility index (Phi) is 4.95. The van der Waals surface area contributed by atoms with Crippen molar-refractivity contribution in [2.45, 2.75) is 13.0 Å². The van der Waals surface area contributed by atoms with Crippen LogP contribution in [0.2, 0.25) is 0 Å². The minimum absolute atomic E-state index is 0.0932. The predicted molar refractivity (Wildman–Crippen MR) is 72.0 cm³/mol. The first-order valence-corrected chi connectivity index (χ1v) is 6.54. The zero-order valence-electron chi connectivity index (χ0n) is 11.2. The molecule has 1 fully saturated rings. The largest absolute Gasteiger partial charge is 0.465 e. The molecule has 1 N–H and O–H groups in total. The first kappa shape index (κ1) is 14.3. The van der Waals surface area contributed by atoms with Gasteiger partial charge in [-0.05, 0) is 12.0 Å². The number of amides is 2. The first-order chi connectivity index (χ1) is 9.66. The van der Waals surface area contributed by atoms with Gasteiger partial charge in [0.25, 0.3) is 0 Å². The Morgan fingerprint density at radius 1 is 1.25 bits per heavy atom. The van der Waals surface area contributed by atoms with Crippen LogP contribution < -0.4 is 0 Å². The van der Waals surface area contributed by atoms with Crippen LogP contribution in [-0.2, 0) is 16.1 Å². The van der Waals surface area contributed by atoms with Gasteiger partial charge in [0.15, 0.2) is 0 Å². The van der Waals surface area contributed by atoms with Crippen LogP contribution in [0.3, 0.4) is 0 Å². The average Bonchev–Trinajstić information content (AvgIpc) is 2.63. The molecule has 0 bridgehead atoms. The number of hydrogen-bond donors (Lipinski definition) is 1. The maximum atomic E-state index is 11.9. The lowest BCUT2D eigenvalue weighted by Gasteiger charge is -2.20. The predicted octanol–water partition coefficient (Wildman–Crippen LogP) is 1.37. The molecule has 0 aliphatic carbocycles. The van der Waals surface area contributed by atoms with Crippen LogP contribution in [0.5, 0.6) is 0 Å². The van der Waals surface area contributed by atoms with E-state index in [0.29, 0.717) is 26.1 Å². The second-order valence-electron chi connectivity index (χ2n) is 4.68. The van der Waals surface area contributed by atoms with Crippen molar-refractivity contribution in [1.29, 1.82) is 0 Å². The molecule has 20 heavy (non-hydrogen) atoms. The van der Waals surface area contributed by atoms with Gasteiger partial charge in [-0.2, -0.15) is 0 Å². The monoisotopic (exact) mass is 278 g/mol. The molecule has 0 aromatic heterocycles. The van der Waals surface area contributed by atoms with Crippen molar-refractivity contribution < 1.29 is 19.4 Å². The molecule has 1 heterocycles. The van der Waals surface area contributed by atoms with Crippen molar-refractivity contribution in [2.24, 2.45) is 0 Å². The zero-order chi connectivity index (χ0) is 14.4. The molecule has 1 aromatic carbocycles. The molecule has 108 valence electrons. The van der Waals surface area contributed by atoms with E-state index in [2.05, 4.69) is 0 Å². The molecule has 0 spiro atoms. The lowest BCUT2D eigenvalue weighted by atomic mass is 10.2. The summed E-state index contributed by atoms with van der Waals surface area (Å²) >= 11 is 0. The lowest BCUT2D eigenvalue weighted by molar-refractivity contribution is -0.136. The maximum absolute atomic E-state index is 11.9. The normalized spacial score (nSPS) is 16.1. The van der Waals surface area contributed by atoms with Crippen LogP contribution in [-0.4, -0.2) is 53.3 Å². The van der Waals surface area contributed by atoms with Gasteiger partial charge >= 0.3 is 6.09 Å². The molecule has 1 aromatic rings. The summed E-state index contributed by atoms with van der Waals surface area (Å²) in [7, 11) is 0. The highest BCUT2D eigenvalue weighted by atomic mass is 16.5. The number of ether oxygens (including phenoxy) is 1. The number of nitrogens with zero attached hydrogens (tertiary/aromatic N) is 2. The summed E-state index contributed by atoms with van der Waals surface area (Å²) in [5.74, 6) is -0.210. The fourth-order valence-electron chi connectivity index (χ4n) is 2.07. The Bertz CT molecular complexity index is 464. The molecular formula is C14H18N2O4. The fraction of sp³-hybridized carbons (Fsp3) is 0.429. The van der Waals surface area contributed by atoms with Crippen molar-refractivity contribution in [2.75, 3.05) is 26.4 Å². The average molecular weight is 278 g/mol. The molecule has 1 aliphatic rings. The smallest absolute Gasteiger partial charge is 0.407 e. The molecular weight excluding hydrogens is 260 g/mol. The first-order valence-electron chi connectivity index (χ1n) is 6.54. The number of carbonyl (C=O) groups is 2. The van der Waals surface area contributed by atoms with E-state index in [-0.39, 0.29) is 19.2 Å². The highest BCUT2D eigenvalue weighted by Gasteiger charge is 2.24. The summed E-state index contributed by atoms with van der Waals surface area (Å²) in [6.07, 6.45) is -0.419. The van der Waals surface area contributed by atoms with Gasteiger partial charge in [-0.25, -0.2) is 4.79 Å². The van der Waals surface area contributed by atoms with E-state index in [4.69, 9.17) is 9.84 Å². The van der Waals surface area contributed by atoms with Crippen LogP contribution in [0.4, 0.5) is 4.79 Å². The highest BCUT2D eigenvalue weighted by molar-refractivity contribution is 5.82. The summed E-state index contributed by atoms with van der Waals surface area (Å²) < 4.78 is 5.52. The minimum Gasteiger partial charge on any atom is -0.465 e. The molecule has 0 atom stereocenters. The summed E-state index contributed by atoms with van der Waals surface area (Å²) in [6.45, 7) is 1.45. The maximum Gasteiger partial charge on any atom is 0.407 e. The quantitative estimate of drug-likeness (QED) is 0.903. The van der Waals surface area contributed by atoms with Crippen molar-refractivity contribution >= 4 is 12.0 Å². The van der Waals surface area contributed by atoms with E-state index < -0.39 is 6.09 Å². The van der Waals surface area contributed by atoms with Crippen molar-refractivity contribution in [3.63, 3.8) is 0 Å².